The highest BCUT2D eigenvalue weighted by atomic mass is 16.5. The molecular weight excluding hydrogens is 370 g/mol. The van der Waals surface area contributed by atoms with Crippen molar-refractivity contribution in [3.8, 4) is 17.2 Å². The van der Waals surface area contributed by atoms with Crippen LogP contribution < -0.4 is 9.64 Å². The van der Waals surface area contributed by atoms with Gasteiger partial charge in [-0.1, -0.05) is 12.1 Å². The summed E-state index contributed by atoms with van der Waals surface area (Å²) in [5.41, 5.74) is 2.59. The number of oxazole rings is 1. The lowest BCUT2D eigenvalue weighted by atomic mass is 10.2. The molecule has 0 spiro atoms. The molecule has 0 unspecified atom stereocenters. The van der Waals surface area contributed by atoms with Crippen molar-refractivity contribution in [2.24, 2.45) is 0 Å². The van der Waals surface area contributed by atoms with Gasteiger partial charge in [0.15, 0.2) is 5.58 Å². The Morgan fingerprint density at radius 3 is 2.48 bits per heavy atom. The van der Waals surface area contributed by atoms with Crippen LogP contribution in [0.5, 0.6) is 5.75 Å². The first-order valence-electron chi connectivity index (χ1n) is 9.58. The lowest BCUT2D eigenvalue weighted by Gasteiger charge is -2.32. The van der Waals surface area contributed by atoms with Crippen LogP contribution in [-0.2, 0) is 6.54 Å². The van der Waals surface area contributed by atoms with Gasteiger partial charge < -0.3 is 18.5 Å². The Bertz CT molecular complexity index is 1060. The molecular formula is C21H21N5O3. The number of methoxy groups -OCH3 is 1. The molecule has 1 fully saturated rings. The Morgan fingerprint density at radius 2 is 1.72 bits per heavy atom. The Labute approximate surface area is 167 Å². The van der Waals surface area contributed by atoms with Gasteiger partial charge in [-0.05, 0) is 36.4 Å². The normalized spacial score (nSPS) is 15.1. The number of hydrogen-bond donors (Lipinski definition) is 0. The van der Waals surface area contributed by atoms with Crippen LogP contribution in [0.2, 0.25) is 0 Å². The third-order valence-electron chi connectivity index (χ3n) is 5.09. The van der Waals surface area contributed by atoms with Crippen molar-refractivity contribution in [2.45, 2.75) is 6.54 Å². The lowest BCUT2D eigenvalue weighted by molar-refractivity contribution is 0.223. The zero-order chi connectivity index (χ0) is 19.6. The minimum absolute atomic E-state index is 0.521. The van der Waals surface area contributed by atoms with Crippen molar-refractivity contribution in [2.75, 3.05) is 38.2 Å². The first-order chi connectivity index (χ1) is 14.3. The van der Waals surface area contributed by atoms with Gasteiger partial charge in [-0.2, -0.15) is 4.98 Å². The number of benzene rings is 2. The van der Waals surface area contributed by atoms with Crippen molar-refractivity contribution in [3.63, 3.8) is 0 Å². The van der Waals surface area contributed by atoms with E-state index in [0.717, 1.165) is 48.6 Å². The standard InChI is InChI=1S/C21H21N5O3/c1-27-16-8-6-15(7-9-16)20-24-23-19(29-20)14-25-10-12-26(13-11-25)21-22-17-4-2-3-5-18(17)28-21/h2-9H,10-14H2,1H3. The number of anilines is 1. The summed E-state index contributed by atoms with van der Waals surface area (Å²) in [6, 6.07) is 16.1. The van der Waals surface area contributed by atoms with Crippen LogP contribution in [0.1, 0.15) is 5.89 Å². The van der Waals surface area contributed by atoms with Gasteiger partial charge in [-0.25, -0.2) is 0 Å². The average Bonchev–Trinajstić information content (AvgIpc) is 3.41. The minimum Gasteiger partial charge on any atom is -0.497 e. The molecule has 8 nitrogen and oxygen atoms in total. The van der Waals surface area contributed by atoms with Gasteiger partial charge in [0, 0.05) is 31.7 Å². The maximum atomic E-state index is 5.88. The van der Waals surface area contributed by atoms with E-state index in [2.05, 4.69) is 25.0 Å². The second-order valence-electron chi connectivity index (χ2n) is 6.96. The number of ether oxygens (including phenoxy) is 1. The number of fused-ring (bicyclic) bond motifs is 1. The topological polar surface area (TPSA) is 80.7 Å². The van der Waals surface area contributed by atoms with Gasteiger partial charge in [-0.3, -0.25) is 4.90 Å². The molecule has 2 aromatic heterocycles. The molecule has 0 atom stereocenters. The zero-order valence-corrected chi connectivity index (χ0v) is 16.1. The van der Waals surface area contributed by atoms with E-state index in [-0.39, 0.29) is 0 Å². The van der Waals surface area contributed by atoms with E-state index in [1.54, 1.807) is 7.11 Å². The maximum Gasteiger partial charge on any atom is 0.298 e. The highest BCUT2D eigenvalue weighted by Crippen LogP contribution is 2.24. The Kier molecular flexibility index (Phi) is 4.61. The van der Waals surface area contributed by atoms with Crippen LogP contribution in [0.4, 0.5) is 6.01 Å². The first-order valence-corrected chi connectivity index (χ1v) is 9.58. The van der Waals surface area contributed by atoms with Crippen LogP contribution >= 0.6 is 0 Å². The fourth-order valence-electron chi connectivity index (χ4n) is 3.45. The summed E-state index contributed by atoms with van der Waals surface area (Å²) in [5, 5.41) is 8.38. The Hall–Kier alpha value is -3.39. The van der Waals surface area contributed by atoms with E-state index in [9.17, 15) is 0 Å². The molecule has 2 aromatic carbocycles. The molecule has 0 radical (unpaired) electrons. The van der Waals surface area contributed by atoms with Crippen LogP contribution in [0, 0.1) is 0 Å². The van der Waals surface area contributed by atoms with Crippen molar-refractivity contribution in [1.29, 1.82) is 0 Å². The Morgan fingerprint density at radius 1 is 0.931 bits per heavy atom. The lowest BCUT2D eigenvalue weighted by Crippen LogP contribution is -2.46. The van der Waals surface area contributed by atoms with Crippen molar-refractivity contribution < 1.29 is 13.6 Å². The molecule has 8 heteroatoms. The van der Waals surface area contributed by atoms with Gasteiger partial charge in [-0.15, -0.1) is 10.2 Å². The fraction of sp³-hybridized carbons (Fsp3) is 0.286. The third kappa shape index (κ3) is 3.66. The summed E-state index contributed by atoms with van der Waals surface area (Å²) in [4.78, 5) is 9.06. The molecule has 0 aliphatic carbocycles. The molecule has 0 bridgehead atoms. The van der Waals surface area contributed by atoms with Crippen LogP contribution in [0.15, 0.2) is 57.4 Å². The van der Waals surface area contributed by atoms with Crippen molar-refractivity contribution >= 4 is 17.1 Å². The molecule has 5 rings (SSSR count). The number of nitrogens with zero attached hydrogens (tertiary/aromatic N) is 5. The summed E-state index contributed by atoms with van der Waals surface area (Å²) in [6.07, 6.45) is 0. The highest BCUT2D eigenvalue weighted by molar-refractivity contribution is 5.74. The second-order valence-corrected chi connectivity index (χ2v) is 6.96. The molecule has 0 amide bonds. The van der Waals surface area contributed by atoms with E-state index < -0.39 is 0 Å². The number of aromatic nitrogens is 3. The first kappa shape index (κ1) is 17.7. The van der Waals surface area contributed by atoms with Crippen LogP contribution in [0.3, 0.4) is 0 Å². The molecule has 1 aliphatic heterocycles. The fourth-order valence-corrected chi connectivity index (χ4v) is 3.45. The largest absolute Gasteiger partial charge is 0.497 e. The van der Waals surface area contributed by atoms with Gasteiger partial charge in [0.1, 0.15) is 11.3 Å². The molecule has 1 saturated heterocycles. The Balaban J connectivity index is 1.20. The molecule has 1 aliphatic rings. The minimum atomic E-state index is 0.521. The predicted octanol–water partition coefficient (Wildman–Crippen LogP) is 3.21. The number of rotatable bonds is 5. The van der Waals surface area contributed by atoms with Crippen LogP contribution in [-0.4, -0.2) is 53.4 Å². The maximum absolute atomic E-state index is 5.88. The average molecular weight is 391 g/mol. The second kappa shape index (κ2) is 7.56. The van der Waals surface area contributed by atoms with E-state index >= 15 is 0 Å². The van der Waals surface area contributed by atoms with Gasteiger partial charge in [0.25, 0.3) is 6.01 Å². The van der Waals surface area contributed by atoms with E-state index in [0.29, 0.717) is 24.3 Å². The SMILES string of the molecule is COc1ccc(-c2nnc(CN3CCN(c4nc5ccccc5o4)CC3)o2)cc1. The third-order valence-corrected chi connectivity index (χ3v) is 5.09. The summed E-state index contributed by atoms with van der Waals surface area (Å²) in [7, 11) is 1.64. The summed E-state index contributed by atoms with van der Waals surface area (Å²) < 4.78 is 16.9. The van der Waals surface area contributed by atoms with Crippen molar-refractivity contribution in [3.05, 3.63) is 54.4 Å². The van der Waals surface area contributed by atoms with E-state index in [1.807, 2.05) is 48.5 Å². The smallest absolute Gasteiger partial charge is 0.298 e. The predicted molar refractivity (Wildman–Crippen MR) is 108 cm³/mol. The molecule has 29 heavy (non-hydrogen) atoms. The molecule has 3 heterocycles. The van der Waals surface area contributed by atoms with Gasteiger partial charge in [0.05, 0.1) is 13.7 Å². The van der Waals surface area contributed by atoms with Gasteiger partial charge >= 0.3 is 0 Å². The number of piperazine rings is 1. The zero-order valence-electron chi connectivity index (χ0n) is 16.1. The van der Waals surface area contributed by atoms with E-state index in [4.69, 9.17) is 13.6 Å². The van der Waals surface area contributed by atoms with Gasteiger partial charge in [0.2, 0.25) is 11.8 Å². The van der Waals surface area contributed by atoms with E-state index in [1.165, 1.54) is 0 Å². The molecule has 148 valence electrons. The monoisotopic (exact) mass is 391 g/mol. The van der Waals surface area contributed by atoms with Crippen LogP contribution in [0.25, 0.3) is 22.6 Å². The molecule has 4 aromatic rings. The number of para-hydroxylation sites is 2. The highest BCUT2D eigenvalue weighted by Gasteiger charge is 2.22. The molecule has 0 saturated carbocycles. The van der Waals surface area contributed by atoms with Crippen molar-refractivity contribution in [1.82, 2.24) is 20.1 Å². The molecule has 0 N–H and O–H groups in total. The quantitative estimate of drug-likeness (QED) is 0.513. The summed E-state index contributed by atoms with van der Waals surface area (Å²) >= 11 is 0. The summed E-state index contributed by atoms with van der Waals surface area (Å²) in [5.74, 6) is 1.93. The summed E-state index contributed by atoms with van der Waals surface area (Å²) in [6.45, 7) is 4.06. The number of hydrogen-bond acceptors (Lipinski definition) is 8.